The number of allylic oxidation sites excluding steroid dienone is 7. The molecule has 0 aromatic rings. The average Bonchev–Trinajstić information content (AvgIpc) is 2.75. The number of aliphatic hydroxyl groups excluding tert-OH is 1. The molecule has 4 nitrogen and oxygen atoms in total. The summed E-state index contributed by atoms with van der Waals surface area (Å²) in [4.78, 5) is 25.1. The molecule has 0 spiro atoms. The van der Waals surface area contributed by atoms with Gasteiger partial charge in [0.2, 0.25) is 11.7 Å². The van der Waals surface area contributed by atoms with E-state index in [4.69, 9.17) is 5.73 Å². The zero-order chi connectivity index (χ0) is 24.2. The molecule has 0 heterocycles. The number of amides is 1. The normalized spacial score (nSPS) is 46.8. The molecule has 3 saturated carbocycles. The largest absolute Gasteiger partial charge is 0.504 e. The van der Waals surface area contributed by atoms with Gasteiger partial charge in [0.15, 0.2) is 5.76 Å². The first kappa shape index (κ1) is 22.7. The predicted octanol–water partition coefficient (Wildman–Crippen LogP) is 6.10. The van der Waals surface area contributed by atoms with Gasteiger partial charge >= 0.3 is 0 Å². The molecule has 3 N–H and O–H groups in total. The lowest BCUT2D eigenvalue weighted by Crippen LogP contribution is -2.62. The molecule has 6 atom stereocenters. The van der Waals surface area contributed by atoms with Crippen LogP contribution in [0.1, 0.15) is 86.5 Å². The molecule has 5 aliphatic carbocycles. The molecule has 4 heteroatoms. The average molecular weight is 450 g/mol. The molecule has 0 saturated heterocycles. The van der Waals surface area contributed by atoms with Crippen molar-refractivity contribution in [2.45, 2.75) is 86.5 Å². The number of nitrogens with two attached hydrogens (primary N) is 1. The lowest BCUT2D eigenvalue weighted by atomic mass is 9.34. The van der Waals surface area contributed by atoms with Gasteiger partial charge in [-0.25, -0.2) is 0 Å². The number of hydrogen-bond donors (Lipinski definition) is 2. The minimum atomic E-state index is -0.433. The second kappa shape index (κ2) is 6.52. The second-order valence-corrected chi connectivity index (χ2v) is 13.0. The van der Waals surface area contributed by atoms with E-state index in [-0.39, 0.29) is 39.1 Å². The number of carbonyl (C=O) groups excluding carboxylic acids is 2. The van der Waals surface area contributed by atoms with Crippen LogP contribution in [0.15, 0.2) is 46.3 Å². The highest BCUT2D eigenvalue weighted by Gasteiger charge is 2.67. The van der Waals surface area contributed by atoms with E-state index in [0.717, 1.165) is 56.1 Å². The summed E-state index contributed by atoms with van der Waals surface area (Å²) in [6.45, 7) is 13.6. The third-order valence-corrected chi connectivity index (χ3v) is 11.5. The Morgan fingerprint density at radius 3 is 2.33 bits per heavy atom. The number of ketones is 1. The van der Waals surface area contributed by atoms with Gasteiger partial charge in [0, 0.05) is 16.4 Å². The molecular weight excluding hydrogens is 410 g/mol. The molecule has 0 bridgehead atoms. The Morgan fingerprint density at radius 2 is 1.67 bits per heavy atom. The van der Waals surface area contributed by atoms with Gasteiger partial charge in [-0.05, 0) is 91.3 Å². The summed E-state index contributed by atoms with van der Waals surface area (Å²) in [7, 11) is 0. The topological polar surface area (TPSA) is 80.4 Å². The maximum absolute atomic E-state index is 12.6. The highest BCUT2D eigenvalue weighted by Crippen LogP contribution is 2.75. The lowest BCUT2D eigenvalue weighted by molar-refractivity contribution is -0.167. The van der Waals surface area contributed by atoms with Gasteiger partial charge in [0.25, 0.3) is 0 Å². The van der Waals surface area contributed by atoms with Crippen LogP contribution in [0.2, 0.25) is 0 Å². The lowest BCUT2D eigenvalue weighted by Gasteiger charge is -2.70. The van der Waals surface area contributed by atoms with Crippen LogP contribution in [-0.4, -0.2) is 16.8 Å². The summed E-state index contributed by atoms with van der Waals surface area (Å²) in [5.41, 5.74) is 9.73. The maximum atomic E-state index is 12.6. The van der Waals surface area contributed by atoms with E-state index in [1.165, 1.54) is 5.57 Å². The predicted molar refractivity (Wildman–Crippen MR) is 130 cm³/mol. The van der Waals surface area contributed by atoms with Crippen molar-refractivity contribution in [3.8, 4) is 0 Å². The SMILES string of the molecule is CC1=C(O)C(=O)C=C2C1=CC=C1[C@@]2(C)CC[C@@]2(C)[C@@H]3C[C@](C)(C(N)=O)CC[C@]3(C)CC[C@]12C. The molecule has 0 aliphatic heterocycles. The summed E-state index contributed by atoms with van der Waals surface area (Å²) in [5.74, 6) is -0.128. The molecule has 5 rings (SSSR count). The van der Waals surface area contributed by atoms with E-state index in [9.17, 15) is 14.7 Å². The number of rotatable bonds is 1. The van der Waals surface area contributed by atoms with Crippen LogP contribution in [0.5, 0.6) is 0 Å². The van der Waals surface area contributed by atoms with Crippen LogP contribution >= 0.6 is 0 Å². The summed E-state index contributed by atoms with van der Waals surface area (Å²) < 4.78 is 0. The van der Waals surface area contributed by atoms with E-state index in [2.05, 4.69) is 46.8 Å². The van der Waals surface area contributed by atoms with Crippen LogP contribution in [0, 0.1) is 33.0 Å². The first-order valence-corrected chi connectivity index (χ1v) is 12.6. The van der Waals surface area contributed by atoms with E-state index in [1.807, 2.05) is 6.92 Å². The Labute approximate surface area is 198 Å². The Hall–Kier alpha value is -2.10. The van der Waals surface area contributed by atoms with Gasteiger partial charge in [0.1, 0.15) is 0 Å². The molecule has 0 aromatic carbocycles. The fraction of sp³-hybridized carbons (Fsp3) is 0.655. The summed E-state index contributed by atoms with van der Waals surface area (Å²) in [6.07, 6.45) is 13.2. The van der Waals surface area contributed by atoms with E-state index in [0.29, 0.717) is 11.5 Å². The molecule has 1 amide bonds. The van der Waals surface area contributed by atoms with Gasteiger partial charge in [-0.2, -0.15) is 0 Å². The fourth-order valence-corrected chi connectivity index (χ4v) is 8.68. The number of primary amides is 1. The Morgan fingerprint density at radius 1 is 1.00 bits per heavy atom. The molecule has 5 aliphatic rings. The summed E-state index contributed by atoms with van der Waals surface area (Å²) in [6, 6.07) is 0. The van der Waals surface area contributed by atoms with Gasteiger partial charge in [0.05, 0.1) is 0 Å². The van der Waals surface area contributed by atoms with Crippen LogP contribution < -0.4 is 5.73 Å². The number of hydrogen-bond acceptors (Lipinski definition) is 3. The van der Waals surface area contributed by atoms with Crippen LogP contribution in [-0.2, 0) is 9.59 Å². The Bertz CT molecular complexity index is 1110. The quantitative estimate of drug-likeness (QED) is 0.508. The second-order valence-electron chi connectivity index (χ2n) is 13.0. The zero-order valence-corrected chi connectivity index (χ0v) is 21.1. The number of carbonyl (C=O) groups is 2. The molecule has 33 heavy (non-hydrogen) atoms. The molecule has 3 fully saturated rings. The third-order valence-electron chi connectivity index (χ3n) is 11.5. The molecule has 0 aromatic heterocycles. The molecule has 0 unspecified atom stereocenters. The van der Waals surface area contributed by atoms with Gasteiger partial charge in [-0.3, -0.25) is 9.59 Å². The van der Waals surface area contributed by atoms with Crippen molar-refractivity contribution in [3.05, 3.63) is 46.3 Å². The monoisotopic (exact) mass is 449 g/mol. The van der Waals surface area contributed by atoms with Crippen molar-refractivity contribution >= 4 is 11.7 Å². The van der Waals surface area contributed by atoms with Crippen molar-refractivity contribution < 1.29 is 14.7 Å². The summed E-state index contributed by atoms with van der Waals surface area (Å²) in [5, 5.41) is 10.3. The van der Waals surface area contributed by atoms with Crippen molar-refractivity contribution in [2.24, 2.45) is 38.7 Å². The standard InChI is InChI=1S/C29H39NO3/c1-17-18-7-8-21-27(4,19(18)15-20(31)23(17)32)12-14-29(6)22-16-26(3,24(30)33)10-9-25(22,2)11-13-28(21,29)5/h7-8,15,22,32H,9-14,16H2,1-6H3,(H2,30,33)/t22-,25-,26-,27+,28-,29+/m1/s1. The first-order valence-electron chi connectivity index (χ1n) is 12.6. The van der Waals surface area contributed by atoms with E-state index in [1.54, 1.807) is 6.08 Å². The van der Waals surface area contributed by atoms with Crippen molar-refractivity contribution in [1.82, 2.24) is 0 Å². The minimum absolute atomic E-state index is 0.0247. The molecule has 0 radical (unpaired) electrons. The highest BCUT2D eigenvalue weighted by molar-refractivity contribution is 6.06. The van der Waals surface area contributed by atoms with Gasteiger partial charge in [-0.15, -0.1) is 0 Å². The summed E-state index contributed by atoms with van der Waals surface area (Å²) >= 11 is 0. The van der Waals surface area contributed by atoms with Crippen LogP contribution in [0.25, 0.3) is 0 Å². The maximum Gasteiger partial charge on any atom is 0.223 e. The fourth-order valence-electron chi connectivity index (χ4n) is 8.68. The van der Waals surface area contributed by atoms with Crippen molar-refractivity contribution in [2.75, 3.05) is 0 Å². The van der Waals surface area contributed by atoms with E-state index < -0.39 is 5.41 Å². The van der Waals surface area contributed by atoms with Gasteiger partial charge < -0.3 is 10.8 Å². The number of aliphatic hydroxyl groups is 1. The van der Waals surface area contributed by atoms with Crippen LogP contribution in [0.4, 0.5) is 0 Å². The van der Waals surface area contributed by atoms with Crippen LogP contribution in [0.3, 0.4) is 0 Å². The van der Waals surface area contributed by atoms with Crippen molar-refractivity contribution in [1.29, 1.82) is 0 Å². The Balaban J connectivity index is 1.64. The first-order chi connectivity index (χ1) is 15.2. The highest BCUT2D eigenvalue weighted by atomic mass is 16.3. The number of fused-ring (bicyclic) bond motifs is 7. The molecular formula is C29H39NO3. The van der Waals surface area contributed by atoms with Crippen molar-refractivity contribution in [3.63, 3.8) is 0 Å². The Kier molecular flexibility index (Phi) is 4.48. The molecule has 178 valence electrons. The third kappa shape index (κ3) is 2.64. The minimum Gasteiger partial charge on any atom is -0.504 e. The van der Waals surface area contributed by atoms with E-state index >= 15 is 0 Å². The zero-order valence-electron chi connectivity index (χ0n) is 21.1. The smallest absolute Gasteiger partial charge is 0.223 e. The van der Waals surface area contributed by atoms with Gasteiger partial charge in [-0.1, -0.05) is 52.3 Å².